The molecule has 0 heterocycles. The van der Waals surface area contributed by atoms with E-state index in [4.69, 9.17) is 4.74 Å². The second-order valence-corrected chi connectivity index (χ2v) is 14.2. The van der Waals surface area contributed by atoms with Gasteiger partial charge in [0.15, 0.2) is 0 Å². The fourth-order valence-electron chi connectivity index (χ4n) is 9.97. The SMILES string of the molecule is CC(=O)O[C@H]1CC[C@@]2(C)C(=CC[C@@H]3[C@@H]2CC[C@@]2(C)[C@H]([C@@H](C)CCC=C(C)C)CC[C@]32C)C1(C)C. The van der Waals surface area contributed by atoms with Gasteiger partial charge >= 0.3 is 5.97 Å². The lowest BCUT2D eigenvalue weighted by Gasteiger charge is -2.64. The Morgan fingerprint density at radius 2 is 1.68 bits per heavy atom. The Kier molecular flexibility index (Phi) is 6.74. The van der Waals surface area contributed by atoms with E-state index >= 15 is 0 Å². The fraction of sp³-hybridized carbons (Fsp3) is 0.844. The van der Waals surface area contributed by atoms with Gasteiger partial charge in [-0.1, -0.05) is 64.8 Å². The predicted molar refractivity (Wildman–Crippen MR) is 142 cm³/mol. The van der Waals surface area contributed by atoms with Crippen LogP contribution in [0.4, 0.5) is 0 Å². The predicted octanol–water partition coefficient (Wildman–Crippen LogP) is 8.91. The molecule has 0 aliphatic heterocycles. The second kappa shape index (κ2) is 8.81. The number of esters is 1. The molecule has 0 saturated heterocycles. The summed E-state index contributed by atoms with van der Waals surface area (Å²) in [6.07, 6.45) is 16.6. The van der Waals surface area contributed by atoms with Crippen molar-refractivity contribution in [3.05, 3.63) is 23.3 Å². The van der Waals surface area contributed by atoms with Gasteiger partial charge in [-0.3, -0.25) is 4.79 Å². The average Bonchev–Trinajstić information content (AvgIpc) is 3.01. The average molecular weight is 469 g/mol. The summed E-state index contributed by atoms with van der Waals surface area (Å²) in [5.74, 6) is 3.09. The quantitative estimate of drug-likeness (QED) is 0.297. The Labute approximate surface area is 210 Å². The molecule has 2 nitrogen and oxygen atoms in total. The van der Waals surface area contributed by atoms with Crippen molar-refractivity contribution in [1.29, 1.82) is 0 Å². The molecule has 0 aromatic rings. The number of allylic oxidation sites excluding steroid dienone is 3. The van der Waals surface area contributed by atoms with E-state index in [1.165, 1.54) is 50.5 Å². The van der Waals surface area contributed by atoms with Crippen molar-refractivity contribution in [3.63, 3.8) is 0 Å². The summed E-state index contributed by atoms with van der Waals surface area (Å²) in [6.45, 7) is 21.2. The van der Waals surface area contributed by atoms with Gasteiger partial charge in [-0.15, -0.1) is 0 Å². The minimum atomic E-state index is -0.132. The van der Waals surface area contributed by atoms with Gasteiger partial charge < -0.3 is 4.74 Å². The van der Waals surface area contributed by atoms with Crippen molar-refractivity contribution in [2.24, 2.45) is 45.3 Å². The van der Waals surface area contributed by atoms with E-state index in [0.717, 1.165) is 36.5 Å². The number of rotatable bonds is 5. The van der Waals surface area contributed by atoms with Crippen LogP contribution >= 0.6 is 0 Å². The Hall–Kier alpha value is -1.05. The van der Waals surface area contributed by atoms with Crippen LogP contribution in [0.25, 0.3) is 0 Å². The Morgan fingerprint density at radius 1 is 1.00 bits per heavy atom. The topological polar surface area (TPSA) is 26.3 Å². The minimum absolute atomic E-state index is 0.0165. The van der Waals surface area contributed by atoms with Crippen LogP contribution < -0.4 is 0 Å². The normalized spacial score (nSPS) is 43.6. The summed E-state index contributed by atoms with van der Waals surface area (Å²) in [6, 6.07) is 0. The molecular formula is C32H52O2. The van der Waals surface area contributed by atoms with Gasteiger partial charge in [0, 0.05) is 12.3 Å². The van der Waals surface area contributed by atoms with E-state index in [9.17, 15) is 4.79 Å². The molecule has 0 spiro atoms. The highest BCUT2D eigenvalue weighted by Crippen LogP contribution is 2.73. The molecule has 0 aromatic heterocycles. The van der Waals surface area contributed by atoms with Crippen molar-refractivity contribution in [1.82, 2.24) is 0 Å². The monoisotopic (exact) mass is 468 g/mol. The lowest BCUT2D eigenvalue weighted by molar-refractivity contribution is -0.159. The molecule has 4 rings (SSSR count). The van der Waals surface area contributed by atoms with Crippen LogP contribution in [-0.4, -0.2) is 12.1 Å². The summed E-state index contributed by atoms with van der Waals surface area (Å²) >= 11 is 0. The molecule has 192 valence electrons. The first-order chi connectivity index (χ1) is 15.8. The molecule has 0 aromatic carbocycles. The smallest absolute Gasteiger partial charge is 0.302 e. The zero-order valence-electron chi connectivity index (χ0n) is 23.7. The number of ether oxygens (including phenoxy) is 1. The van der Waals surface area contributed by atoms with Crippen molar-refractivity contribution >= 4 is 5.97 Å². The third kappa shape index (κ3) is 3.85. The molecule has 3 saturated carbocycles. The van der Waals surface area contributed by atoms with Gasteiger partial charge in [0.2, 0.25) is 0 Å². The Bertz CT molecular complexity index is 860. The summed E-state index contributed by atoms with van der Waals surface area (Å²) in [4.78, 5) is 11.8. The fourth-order valence-corrected chi connectivity index (χ4v) is 9.97. The Balaban J connectivity index is 1.60. The first-order valence-corrected chi connectivity index (χ1v) is 14.3. The molecule has 0 N–H and O–H groups in total. The van der Waals surface area contributed by atoms with Crippen LogP contribution in [0.2, 0.25) is 0 Å². The molecule has 0 amide bonds. The molecule has 0 radical (unpaired) electrons. The standard InChI is InChI=1S/C32H52O2/c1-21(2)11-10-12-22(3)24-15-19-32(9)26-13-14-27-29(5,6)28(34-23(4)33)17-18-30(27,7)25(26)16-20-31(24,32)8/h11,14,22,24-26,28H,10,12-13,15-20H2,1-9H3/t22-,24-,25-,26+,28-,30+,31-,32+/m0/s1. The zero-order valence-corrected chi connectivity index (χ0v) is 23.7. The summed E-state index contributed by atoms with van der Waals surface area (Å²) in [7, 11) is 0. The van der Waals surface area contributed by atoms with E-state index in [0.29, 0.717) is 10.8 Å². The van der Waals surface area contributed by atoms with Crippen molar-refractivity contribution < 1.29 is 9.53 Å². The zero-order chi connectivity index (χ0) is 25.1. The van der Waals surface area contributed by atoms with Gasteiger partial charge in [0.05, 0.1) is 0 Å². The van der Waals surface area contributed by atoms with Gasteiger partial charge in [0.25, 0.3) is 0 Å². The molecule has 8 atom stereocenters. The van der Waals surface area contributed by atoms with Crippen LogP contribution in [0.15, 0.2) is 23.3 Å². The van der Waals surface area contributed by atoms with Gasteiger partial charge in [-0.25, -0.2) is 0 Å². The van der Waals surface area contributed by atoms with E-state index in [2.05, 4.69) is 67.5 Å². The lowest BCUT2D eigenvalue weighted by Crippen LogP contribution is -2.58. The largest absolute Gasteiger partial charge is 0.462 e. The van der Waals surface area contributed by atoms with Gasteiger partial charge in [0.1, 0.15) is 6.10 Å². The maximum absolute atomic E-state index is 11.8. The van der Waals surface area contributed by atoms with Crippen LogP contribution in [0.5, 0.6) is 0 Å². The summed E-state index contributed by atoms with van der Waals surface area (Å²) in [5.41, 5.74) is 4.14. The molecule has 2 heteroatoms. The van der Waals surface area contributed by atoms with Crippen molar-refractivity contribution in [2.75, 3.05) is 0 Å². The number of hydrogen-bond acceptors (Lipinski definition) is 2. The molecule has 34 heavy (non-hydrogen) atoms. The van der Waals surface area contributed by atoms with E-state index in [1.54, 1.807) is 12.5 Å². The molecule has 0 unspecified atom stereocenters. The summed E-state index contributed by atoms with van der Waals surface area (Å²) in [5, 5.41) is 0. The minimum Gasteiger partial charge on any atom is -0.462 e. The van der Waals surface area contributed by atoms with E-state index in [-0.39, 0.29) is 22.9 Å². The Morgan fingerprint density at radius 3 is 2.32 bits per heavy atom. The number of hydrogen-bond donors (Lipinski definition) is 0. The highest BCUT2D eigenvalue weighted by atomic mass is 16.5. The lowest BCUT2D eigenvalue weighted by atomic mass is 9.40. The number of carbonyl (C=O) groups is 1. The third-order valence-electron chi connectivity index (χ3n) is 12.0. The van der Waals surface area contributed by atoms with Crippen molar-refractivity contribution in [3.8, 4) is 0 Å². The number of fused-ring (bicyclic) bond motifs is 5. The first-order valence-electron chi connectivity index (χ1n) is 14.3. The van der Waals surface area contributed by atoms with Crippen molar-refractivity contribution in [2.45, 2.75) is 126 Å². The number of carbonyl (C=O) groups excluding carboxylic acids is 1. The van der Waals surface area contributed by atoms with Crippen LogP contribution in [-0.2, 0) is 9.53 Å². The summed E-state index contributed by atoms with van der Waals surface area (Å²) < 4.78 is 5.85. The maximum atomic E-state index is 11.8. The second-order valence-electron chi connectivity index (χ2n) is 14.2. The molecular weight excluding hydrogens is 416 g/mol. The van der Waals surface area contributed by atoms with Crippen LogP contribution in [0, 0.1) is 45.3 Å². The highest BCUT2D eigenvalue weighted by Gasteiger charge is 2.66. The third-order valence-corrected chi connectivity index (χ3v) is 12.0. The molecule has 4 aliphatic carbocycles. The van der Waals surface area contributed by atoms with E-state index < -0.39 is 0 Å². The highest BCUT2D eigenvalue weighted by molar-refractivity contribution is 5.66. The maximum Gasteiger partial charge on any atom is 0.302 e. The van der Waals surface area contributed by atoms with Crippen LogP contribution in [0.1, 0.15) is 120 Å². The van der Waals surface area contributed by atoms with Gasteiger partial charge in [-0.2, -0.15) is 0 Å². The molecule has 0 bridgehead atoms. The van der Waals surface area contributed by atoms with E-state index in [1.807, 2.05) is 0 Å². The molecule has 3 fully saturated rings. The molecule has 4 aliphatic rings. The first kappa shape index (κ1) is 26.0. The van der Waals surface area contributed by atoms with Gasteiger partial charge in [-0.05, 0) is 112 Å². The van der Waals surface area contributed by atoms with Crippen LogP contribution in [0.3, 0.4) is 0 Å².